The third kappa shape index (κ3) is 5.54. The molecule has 0 radical (unpaired) electrons. The number of rotatable bonds is 5. The van der Waals surface area contributed by atoms with Crippen molar-refractivity contribution in [2.75, 3.05) is 13.2 Å². The van der Waals surface area contributed by atoms with Gasteiger partial charge in [0.25, 0.3) is 0 Å². The van der Waals surface area contributed by atoms with Gasteiger partial charge in [-0.05, 0) is 32.9 Å². The van der Waals surface area contributed by atoms with Crippen molar-refractivity contribution in [2.45, 2.75) is 26.9 Å². The Hall–Kier alpha value is -1.54. The van der Waals surface area contributed by atoms with Crippen molar-refractivity contribution < 1.29 is 26.8 Å². The number of halogens is 3. The van der Waals surface area contributed by atoms with Crippen molar-refractivity contribution in [1.29, 1.82) is 0 Å². The maximum atomic E-state index is 13.3. The van der Waals surface area contributed by atoms with E-state index in [9.17, 15) is 17.7 Å². The van der Waals surface area contributed by atoms with E-state index in [1.54, 1.807) is 30.3 Å². The Balaban J connectivity index is 3.40. The lowest BCUT2D eigenvalue weighted by Gasteiger charge is -2.20. The summed E-state index contributed by atoms with van der Waals surface area (Å²) < 4.78 is 62.4. The predicted molar refractivity (Wildman–Crippen MR) is 82.9 cm³/mol. The summed E-state index contributed by atoms with van der Waals surface area (Å²) in [6.07, 6.45) is -4.75. The quantitative estimate of drug-likeness (QED) is 0.547. The van der Waals surface area contributed by atoms with Crippen LogP contribution in [0.3, 0.4) is 0 Å². The largest absolute Gasteiger partial charge is 0.424 e. The standard InChI is InChI=1S/C16H18F3O3P/c1-4-21-23(20,22-5-2)13(3)15(16(17,18)19)12-11-14-9-7-6-8-10-14/h6-10H,4-5H2,1-3H3/b15-13-. The summed E-state index contributed by atoms with van der Waals surface area (Å²) >= 11 is 0. The first-order valence-electron chi connectivity index (χ1n) is 6.99. The molecule has 0 aliphatic carbocycles. The zero-order chi connectivity index (χ0) is 17.5. The molecule has 0 unspecified atom stereocenters. The van der Waals surface area contributed by atoms with Gasteiger partial charge in [-0.1, -0.05) is 30.0 Å². The molecular weight excluding hydrogens is 328 g/mol. The molecule has 23 heavy (non-hydrogen) atoms. The first kappa shape index (κ1) is 19.5. The molecule has 1 aromatic rings. The molecule has 0 saturated carbocycles. The van der Waals surface area contributed by atoms with Crippen molar-refractivity contribution in [2.24, 2.45) is 0 Å². The van der Waals surface area contributed by atoms with E-state index in [2.05, 4.69) is 11.8 Å². The summed E-state index contributed by atoms with van der Waals surface area (Å²) in [5.74, 6) is 4.50. The van der Waals surface area contributed by atoms with Gasteiger partial charge in [0.05, 0.1) is 18.5 Å². The molecule has 1 rings (SSSR count). The van der Waals surface area contributed by atoms with E-state index in [0.717, 1.165) is 6.92 Å². The molecule has 3 nitrogen and oxygen atoms in total. The van der Waals surface area contributed by atoms with Crippen LogP contribution in [-0.4, -0.2) is 19.4 Å². The Kier molecular flexibility index (Phi) is 7.08. The molecule has 0 bridgehead atoms. The summed E-state index contributed by atoms with van der Waals surface area (Å²) in [6, 6.07) is 8.23. The highest BCUT2D eigenvalue weighted by Crippen LogP contribution is 2.58. The number of hydrogen-bond acceptors (Lipinski definition) is 3. The van der Waals surface area contributed by atoms with Gasteiger partial charge in [0, 0.05) is 5.56 Å². The average Bonchev–Trinajstić information content (AvgIpc) is 2.47. The first-order valence-corrected chi connectivity index (χ1v) is 8.53. The molecule has 0 aliphatic rings. The molecular formula is C16H18F3O3P. The van der Waals surface area contributed by atoms with E-state index in [1.807, 2.05) is 0 Å². The van der Waals surface area contributed by atoms with Crippen LogP contribution in [0.2, 0.25) is 0 Å². The van der Waals surface area contributed by atoms with Gasteiger partial charge in [0.1, 0.15) is 5.57 Å². The topological polar surface area (TPSA) is 35.5 Å². The fourth-order valence-corrected chi connectivity index (χ4v) is 3.33. The van der Waals surface area contributed by atoms with Crippen molar-refractivity contribution in [3.8, 4) is 11.8 Å². The lowest BCUT2D eigenvalue weighted by molar-refractivity contribution is -0.0877. The van der Waals surface area contributed by atoms with Gasteiger partial charge in [-0.3, -0.25) is 4.57 Å². The van der Waals surface area contributed by atoms with Crippen molar-refractivity contribution >= 4 is 7.60 Å². The highest BCUT2D eigenvalue weighted by Gasteiger charge is 2.40. The lowest BCUT2D eigenvalue weighted by atomic mass is 10.2. The molecule has 0 aromatic heterocycles. The van der Waals surface area contributed by atoms with Gasteiger partial charge in [0.2, 0.25) is 0 Å². The van der Waals surface area contributed by atoms with Crippen LogP contribution in [0.5, 0.6) is 0 Å². The normalized spacial score (nSPS) is 13.1. The molecule has 7 heteroatoms. The van der Waals surface area contributed by atoms with Crippen molar-refractivity contribution in [3.63, 3.8) is 0 Å². The minimum atomic E-state index is -4.75. The van der Waals surface area contributed by atoms with Crippen LogP contribution in [-0.2, 0) is 13.6 Å². The number of allylic oxidation sites excluding steroid dienone is 2. The van der Waals surface area contributed by atoms with Crippen LogP contribution >= 0.6 is 7.60 Å². The highest BCUT2D eigenvalue weighted by atomic mass is 31.2. The van der Waals surface area contributed by atoms with E-state index >= 15 is 0 Å². The Morgan fingerprint density at radius 1 is 1.13 bits per heavy atom. The SMILES string of the molecule is CCOP(=O)(OCC)/C(C)=C(/C#Cc1ccccc1)C(F)(F)F. The smallest absolute Gasteiger partial charge is 0.306 e. The summed E-state index contributed by atoms with van der Waals surface area (Å²) in [7, 11) is -4.03. The maximum Gasteiger partial charge on any atom is 0.424 e. The average molecular weight is 346 g/mol. The molecule has 0 atom stereocenters. The minimum absolute atomic E-state index is 0.0358. The highest BCUT2D eigenvalue weighted by molar-refractivity contribution is 7.58. The fourth-order valence-electron chi connectivity index (χ4n) is 1.73. The summed E-state index contributed by atoms with van der Waals surface area (Å²) in [5.41, 5.74) is -0.781. The summed E-state index contributed by atoms with van der Waals surface area (Å²) in [6.45, 7) is 4.07. The van der Waals surface area contributed by atoms with Crippen LogP contribution < -0.4 is 0 Å². The van der Waals surface area contributed by atoms with Gasteiger partial charge in [-0.25, -0.2) is 0 Å². The zero-order valence-corrected chi connectivity index (χ0v) is 14.0. The Labute approximate surface area is 134 Å². The van der Waals surface area contributed by atoms with E-state index in [4.69, 9.17) is 9.05 Å². The number of alkyl halides is 3. The molecule has 0 aliphatic heterocycles. The Morgan fingerprint density at radius 2 is 1.65 bits per heavy atom. The number of benzene rings is 1. The maximum absolute atomic E-state index is 13.3. The van der Waals surface area contributed by atoms with Gasteiger partial charge < -0.3 is 9.05 Å². The second kappa shape index (κ2) is 8.35. The van der Waals surface area contributed by atoms with E-state index in [1.165, 1.54) is 13.8 Å². The fraction of sp³-hybridized carbons (Fsp3) is 0.375. The summed E-state index contributed by atoms with van der Waals surface area (Å²) in [4.78, 5) is 0. The van der Waals surface area contributed by atoms with Crippen LogP contribution in [0.25, 0.3) is 0 Å². The monoisotopic (exact) mass is 346 g/mol. The Morgan fingerprint density at radius 3 is 2.09 bits per heavy atom. The molecule has 0 heterocycles. The van der Waals surface area contributed by atoms with E-state index in [0.29, 0.717) is 5.56 Å². The lowest BCUT2D eigenvalue weighted by Crippen LogP contribution is -2.14. The zero-order valence-electron chi connectivity index (χ0n) is 13.1. The van der Waals surface area contributed by atoms with Gasteiger partial charge in [0.15, 0.2) is 0 Å². The third-order valence-corrected chi connectivity index (χ3v) is 5.00. The van der Waals surface area contributed by atoms with Gasteiger partial charge in [-0.2, -0.15) is 13.2 Å². The van der Waals surface area contributed by atoms with Gasteiger partial charge >= 0.3 is 13.8 Å². The second-order valence-electron chi connectivity index (χ2n) is 4.41. The second-order valence-corrected chi connectivity index (χ2v) is 6.59. The van der Waals surface area contributed by atoms with Crippen LogP contribution in [0.15, 0.2) is 41.2 Å². The molecule has 0 spiro atoms. The van der Waals surface area contributed by atoms with Crippen LogP contribution in [0.1, 0.15) is 26.3 Å². The minimum Gasteiger partial charge on any atom is -0.306 e. The molecule has 0 saturated heterocycles. The molecule has 0 N–H and O–H groups in total. The van der Waals surface area contributed by atoms with E-state index in [-0.39, 0.29) is 13.2 Å². The summed E-state index contributed by atoms with van der Waals surface area (Å²) in [5, 5.41) is -0.530. The van der Waals surface area contributed by atoms with E-state index < -0.39 is 24.7 Å². The molecule has 0 fully saturated rings. The number of hydrogen-bond donors (Lipinski definition) is 0. The third-order valence-electron chi connectivity index (χ3n) is 2.76. The van der Waals surface area contributed by atoms with Crippen molar-refractivity contribution in [3.05, 3.63) is 46.8 Å². The predicted octanol–water partition coefficient (Wildman–Crippen LogP) is 5.14. The molecule has 126 valence electrons. The van der Waals surface area contributed by atoms with Gasteiger partial charge in [-0.15, -0.1) is 0 Å². The Bertz CT molecular complexity index is 645. The van der Waals surface area contributed by atoms with Crippen LogP contribution in [0, 0.1) is 11.8 Å². The van der Waals surface area contributed by atoms with Crippen LogP contribution in [0.4, 0.5) is 13.2 Å². The molecule has 0 amide bonds. The van der Waals surface area contributed by atoms with Crippen molar-refractivity contribution in [1.82, 2.24) is 0 Å². The first-order chi connectivity index (χ1) is 10.7. The molecule has 1 aromatic carbocycles.